The third kappa shape index (κ3) is 1.84. The van der Waals surface area contributed by atoms with Gasteiger partial charge in [-0.3, -0.25) is 4.79 Å². The van der Waals surface area contributed by atoms with Gasteiger partial charge in [0.25, 0.3) is 5.91 Å². The summed E-state index contributed by atoms with van der Waals surface area (Å²) in [6.45, 7) is 0. The quantitative estimate of drug-likeness (QED) is 0.746. The molecule has 0 atom stereocenters. The topological polar surface area (TPSA) is 55.1 Å². The van der Waals surface area contributed by atoms with Crippen molar-refractivity contribution in [3.05, 3.63) is 60.5 Å². The molecule has 0 aliphatic carbocycles. The molecule has 18 heavy (non-hydrogen) atoms. The highest BCUT2D eigenvalue weighted by molar-refractivity contribution is 6.08. The third-order valence-corrected chi connectivity index (χ3v) is 2.73. The van der Waals surface area contributed by atoms with Gasteiger partial charge in [-0.15, -0.1) is 0 Å². The predicted octanol–water partition coefficient (Wildman–Crippen LogP) is 3.08. The number of fused-ring (bicyclic) bond motifs is 1. The minimum absolute atomic E-state index is 0.229. The standard InChI is InChI=1S/C14H10N2O2/c17-14(11-8-15-18-9-11)16-13-7-3-5-10-4-1-2-6-12(10)13/h1-9H,(H,16,17). The molecule has 4 heteroatoms. The molecule has 2 aromatic carbocycles. The van der Waals surface area contributed by atoms with Crippen LogP contribution in [0.5, 0.6) is 0 Å². The van der Waals surface area contributed by atoms with Crippen LogP contribution < -0.4 is 5.32 Å². The summed E-state index contributed by atoms with van der Waals surface area (Å²) in [4.78, 5) is 11.9. The summed E-state index contributed by atoms with van der Waals surface area (Å²) in [7, 11) is 0. The van der Waals surface area contributed by atoms with E-state index in [9.17, 15) is 4.79 Å². The van der Waals surface area contributed by atoms with E-state index < -0.39 is 0 Å². The molecule has 0 spiro atoms. The van der Waals surface area contributed by atoms with Gasteiger partial charge in [-0.05, 0) is 11.5 Å². The molecule has 88 valence electrons. The number of benzene rings is 2. The second-order valence-corrected chi connectivity index (χ2v) is 3.89. The lowest BCUT2D eigenvalue weighted by molar-refractivity contribution is 0.102. The maximum Gasteiger partial charge on any atom is 0.260 e. The van der Waals surface area contributed by atoms with Gasteiger partial charge in [-0.1, -0.05) is 41.6 Å². The Labute approximate surface area is 103 Å². The molecule has 1 amide bonds. The molecule has 3 aromatic rings. The number of carbonyl (C=O) groups excluding carboxylic acids is 1. The van der Waals surface area contributed by atoms with E-state index in [0.29, 0.717) is 5.56 Å². The van der Waals surface area contributed by atoms with E-state index in [1.165, 1.54) is 12.5 Å². The lowest BCUT2D eigenvalue weighted by Crippen LogP contribution is -2.11. The van der Waals surface area contributed by atoms with Crippen LogP contribution in [-0.4, -0.2) is 11.1 Å². The highest BCUT2D eigenvalue weighted by Crippen LogP contribution is 2.23. The lowest BCUT2D eigenvalue weighted by Gasteiger charge is -2.07. The van der Waals surface area contributed by atoms with Crippen molar-refractivity contribution in [2.45, 2.75) is 0 Å². The molecule has 0 bridgehead atoms. The Kier molecular flexibility index (Phi) is 2.53. The number of amides is 1. The van der Waals surface area contributed by atoms with E-state index in [0.717, 1.165) is 16.5 Å². The fraction of sp³-hybridized carbons (Fsp3) is 0. The molecule has 0 saturated heterocycles. The number of nitrogens with zero attached hydrogens (tertiary/aromatic N) is 1. The lowest BCUT2D eigenvalue weighted by atomic mass is 10.1. The van der Waals surface area contributed by atoms with Crippen LogP contribution in [0.4, 0.5) is 5.69 Å². The molecular formula is C14H10N2O2. The predicted molar refractivity (Wildman–Crippen MR) is 68.4 cm³/mol. The average Bonchev–Trinajstić information content (AvgIpc) is 2.93. The molecule has 4 nitrogen and oxygen atoms in total. The summed E-state index contributed by atoms with van der Waals surface area (Å²) < 4.78 is 4.65. The van der Waals surface area contributed by atoms with Crippen molar-refractivity contribution in [2.24, 2.45) is 0 Å². The van der Waals surface area contributed by atoms with Crippen molar-refractivity contribution in [3.63, 3.8) is 0 Å². The maximum atomic E-state index is 11.9. The van der Waals surface area contributed by atoms with E-state index in [-0.39, 0.29) is 5.91 Å². The molecule has 0 saturated carbocycles. The Balaban J connectivity index is 1.98. The first-order valence-electron chi connectivity index (χ1n) is 5.53. The van der Waals surface area contributed by atoms with Gasteiger partial charge >= 0.3 is 0 Å². The molecule has 0 fully saturated rings. The molecule has 1 aromatic heterocycles. The Morgan fingerprint density at radius 3 is 2.78 bits per heavy atom. The van der Waals surface area contributed by atoms with Crippen molar-refractivity contribution in [3.8, 4) is 0 Å². The van der Waals surface area contributed by atoms with Gasteiger partial charge in [-0.2, -0.15) is 0 Å². The number of anilines is 1. The van der Waals surface area contributed by atoms with Gasteiger partial charge in [0, 0.05) is 11.1 Å². The van der Waals surface area contributed by atoms with Crippen LogP contribution in [0.25, 0.3) is 10.8 Å². The van der Waals surface area contributed by atoms with E-state index in [1.54, 1.807) is 0 Å². The van der Waals surface area contributed by atoms with E-state index in [2.05, 4.69) is 15.0 Å². The summed E-state index contributed by atoms with van der Waals surface area (Å²) in [6, 6.07) is 13.7. The Morgan fingerprint density at radius 1 is 1.11 bits per heavy atom. The molecule has 0 unspecified atom stereocenters. The van der Waals surface area contributed by atoms with Crippen LogP contribution >= 0.6 is 0 Å². The first kappa shape index (κ1) is 10.5. The van der Waals surface area contributed by atoms with E-state index in [4.69, 9.17) is 0 Å². The van der Waals surface area contributed by atoms with Gasteiger partial charge in [0.1, 0.15) is 6.26 Å². The average molecular weight is 238 g/mol. The fourth-order valence-electron chi connectivity index (χ4n) is 1.85. The zero-order chi connectivity index (χ0) is 12.4. The molecule has 1 heterocycles. The highest BCUT2D eigenvalue weighted by Gasteiger charge is 2.09. The Hall–Kier alpha value is -2.62. The van der Waals surface area contributed by atoms with Crippen LogP contribution in [-0.2, 0) is 0 Å². The Morgan fingerprint density at radius 2 is 1.94 bits per heavy atom. The van der Waals surface area contributed by atoms with Crippen molar-refractivity contribution in [2.75, 3.05) is 5.32 Å². The number of aromatic nitrogens is 1. The first-order chi connectivity index (χ1) is 8.84. The molecule has 0 aliphatic heterocycles. The summed E-state index contributed by atoms with van der Waals surface area (Å²) in [5.74, 6) is -0.229. The number of carbonyl (C=O) groups is 1. The van der Waals surface area contributed by atoms with Gasteiger partial charge in [-0.25, -0.2) is 0 Å². The molecule has 3 rings (SSSR count). The van der Waals surface area contributed by atoms with Crippen molar-refractivity contribution in [1.82, 2.24) is 5.16 Å². The van der Waals surface area contributed by atoms with E-state index in [1.807, 2.05) is 42.5 Å². The molecular weight excluding hydrogens is 228 g/mol. The normalized spacial score (nSPS) is 10.4. The number of hydrogen-bond donors (Lipinski definition) is 1. The van der Waals surface area contributed by atoms with Crippen molar-refractivity contribution >= 4 is 22.4 Å². The Bertz CT molecular complexity index is 685. The summed E-state index contributed by atoms with van der Waals surface area (Å²) in [5.41, 5.74) is 1.18. The van der Waals surface area contributed by atoms with Gasteiger partial charge in [0.2, 0.25) is 0 Å². The van der Waals surface area contributed by atoms with Gasteiger partial charge in [0.05, 0.1) is 11.8 Å². The second kappa shape index (κ2) is 4.33. The number of hydrogen-bond acceptors (Lipinski definition) is 3. The number of rotatable bonds is 2. The second-order valence-electron chi connectivity index (χ2n) is 3.89. The van der Waals surface area contributed by atoms with Crippen molar-refractivity contribution < 1.29 is 9.32 Å². The van der Waals surface area contributed by atoms with Gasteiger partial charge < -0.3 is 9.84 Å². The zero-order valence-corrected chi connectivity index (χ0v) is 9.46. The van der Waals surface area contributed by atoms with Crippen LogP contribution in [0.1, 0.15) is 10.4 Å². The van der Waals surface area contributed by atoms with Gasteiger partial charge in [0.15, 0.2) is 0 Å². The third-order valence-electron chi connectivity index (χ3n) is 2.73. The van der Waals surface area contributed by atoms with Crippen LogP contribution in [0.2, 0.25) is 0 Å². The van der Waals surface area contributed by atoms with Crippen LogP contribution in [0.3, 0.4) is 0 Å². The minimum Gasteiger partial charge on any atom is -0.364 e. The number of nitrogens with one attached hydrogen (secondary N) is 1. The van der Waals surface area contributed by atoms with E-state index >= 15 is 0 Å². The summed E-state index contributed by atoms with van der Waals surface area (Å²) in [5, 5.41) is 8.45. The van der Waals surface area contributed by atoms with Crippen LogP contribution in [0.15, 0.2) is 59.4 Å². The monoisotopic (exact) mass is 238 g/mol. The minimum atomic E-state index is -0.229. The maximum absolute atomic E-state index is 11.9. The van der Waals surface area contributed by atoms with Crippen LogP contribution in [0, 0.1) is 0 Å². The SMILES string of the molecule is O=C(Nc1cccc2ccccc12)c1cnoc1. The molecule has 0 aliphatic rings. The fourth-order valence-corrected chi connectivity index (χ4v) is 1.85. The van der Waals surface area contributed by atoms with Crippen molar-refractivity contribution in [1.29, 1.82) is 0 Å². The molecule has 0 radical (unpaired) electrons. The molecule has 1 N–H and O–H groups in total. The smallest absolute Gasteiger partial charge is 0.260 e. The summed E-state index contributed by atoms with van der Waals surface area (Å²) in [6.07, 6.45) is 2.71. The zero-order valence-electron chi connectivity index (χ0n) is 9.46. The largest absolute Gasteiger partial charge is 0.364 e. The highest BCUT2D eigenvalue weighted by atomic mass is 16.5. The first-order valence-corrected chi connectivity index (χ1v) is 5.53. The summed E-state index contributed by atoms with van der Waals surface area (Å²) >= 11 is 0.